The van der Waals surface area contributed by atoms with Crippen molar-refractivity contribution in [2.45, 2.75) is 19.4 Å². The van der Waals surface area contributed by atoms with Gasteiger partial charge in [0.05, 0.1) is 6.20 Å². The zero-order valence-electron chi connectivity index (χ0n) is 11.9. The number of carbonyl (C=O) groups is 1. The first-order chi connectivity index (χ1) is 10.2. The van der Waals surface area contributed by atoms with Crippen LogP contribution in [-0.4, -0.2) is 15.7 Å². The molecule has 0 radical (unpaired) electrons. The molecule has 0 unspecified atom stereocenters. The normalized spacial score (nSPS) is 10.9. The number of nitrogens with zero attached hydrogens (tertiary/aromatic N) is 2. The van der Waals surface area contributed by atoms with Crippen LogP contribution in [0.3, 0.4) is 0 Å². The van der Waals surface area contributed by atoms with Gasteiger partial charge in [0.15, 0.2) is 0 Å². The Bertz CT molecular complexity index is 760. The van der Waals surface area contributed by atoms with Crippen LogP contribution in [0.4, 0.5) is 0 Å². The van der Waals surface area contributed by atoms with E-state index in [9.17, 15) is 4.79 Å². The molecule has 3 aromatic rings. The number of amides is 1. The Hall–Kier alpha value is -2.14. The number of benzene rings is 1. The molecule has 4 nitrogen and oxygen atoms in total. The topological polar surface area (TPSA) is 46.9 Å². The first-order valence-corrected chi connectivity index (χ1v) is 7.79. The van der Waals surface area contributed by atoms with E-state index in [1.54, 1.807) is 22.2 Å². The fourth-order valence-electron chi connectivity index (χ4n) is 2.27. The Kier molecular flexibility index (Phi) is 4.01. The van der Waals surface area contributed by atoms with Gasteiger partial charge in [-0.3, -0.25) is 9.48 Å². The standard InChI is InChI=1S/C16H17N3OS/c1-19-11-13(10-18-19)3-5-16(20)17-9-12-2-4-15-14(8-12)6-7-21-15/h2,4,6-8,10-11H,3,5,9H2,1H3,(H,17,20). The maximum Gasteiger partial charge on any atom is 0.220 e. The second kappa shape index (κ2) is 6.10. The van der Waals surface area contributed by atoms with Gasteiger partial charge in [0.2, 0.25) is 5.91 Å². The highest BCUT2D eigenvalue weighted by atomic mass is 32.1. The Morgan fingerprint density at radius 3 is 3.05 bits per heavy atom. The first-order valence-electron chi connectivity index (χ1n) is 6.91. The molecule has 0 aliphatic carbocycles. The molecule has 108 valence electrons. The third kappa shape index (κ3) is 3.49. The Morgan fingerprint density at radius 1 is 1.33 bits per heavy atom. The molecular formula is C16H17N3OS. The van der Waals surface area contributed by atoms with Gasteiger partial charge in [-0.2, -0.15) is 5.10 Å². The van der Waals surface area contributed by atoms with Gasteiger partial charge in [-0.25, -0.2) is 0 Å². The number of rotatable bonds is 5. The van der Waals surface area contributed by atoms with Crippen LogP contribution >= 0.6 is 11.3 Å². The molecular weight excluding hydrogens is 282 g/mol. The molecule has 0 aliphatic heterocycles. The lowest BCUT2D eigenvalue weighted by molar-refractivity contribution is -0.121. The van der Waals surface area contributed by atoms with Crippen LogP contribution < -0.4 is 5.32 Å². The number of hydrogen-bond donors (Lipinski definition) is 1. The van der Waals surface area contributed by atoms with E-state index in [1.165, 1.54) is 10.1 Å². The molecule has 0 saturated heterocycles. The van der Waals surface area contributed by atoms with E-state index in [2.05, 4.69) is 40.1 Å². The molecule has 0 spiro atoms. The number of hydrogen-bond acceptors (Lipinski definition) is 3. The highest BCUT2D eigenvalue weighted by molar-refractivity contribution is 7.17. The molecule has 2 heterocycles. The SMILES string of the molecule is Cn1cc(CCC(=O)NCc2ccc3sccc3c2)cn1. The Labute approximate surface area is 127 Å². The lowest BCUT2D eigenvalue weighted by atomic mass is 10.1. The van der Waals surface area contributed by atoms with E-state index < -0.39 is 0 Å². The zero-order valence-corrected chi connectivity index (χ0v) is 12.7. The van der Waals surface area contributed by atoms with Gasteiger partial charge in [0.1, 0.15) is 0 Å². The highest BCUT2D eigenvalue weighted by Crippen LogP contribution is 2.21. The Morgan fingerprint density at radius 2 is 2.24 bits per heavy atom. The summed E-state index contributed by atoms with van der Waals surface area (Å²) in [7, 11) is 1.88. The number of fused-ring (bicyclic) bond motifs is 1. The van der Waals surface area contributed by atoms with E-state index in [0.717, 1.165) is 17.5 Å². The molecule has 21 heavy (non-hydrogen) atoms. The smallest absolute Gasteiger partial charge is 0.220 e. The summed E-state index contributed by atoms with van der Waals surface area (Å²) in [5, 5.41) is 10.4. The quantitative estimate of drug-likeness (QED) is 0.787. The summed E-state index contributed by atoms with van der Waals surface area (Å²) < 4.78 is 3.03. The minimum Gasteiger partial charge on any atom is -0.352 e. The van der Waals surface area contributed by atoms with Crippen molar-refractivity contribution in [3.05, 3.63) is 53.2 Å². The van der Waals surface area contributed by atoms with E-state index in [0.29, 0.717) is 13.0 Å². The largest absolute Gasteiger partial charge is 0.352 e. The summed E-state index contributed by atoms with van der Waals surface area (Å²) in [6.45, 7) is 0.581. The molecule has 0 fully saturated rings. The number of aromatic nitrogens is 2. The lowest BCUT2D eigenvalue weighted by Crippen LogP contribution is -2.22. The van der Waals surface area contributed by atoms with Gasteiger partial charge in [0, 0.05) is 30.9 Å². The van der Waals surface area contributed by atoms with Crippen LogP contribution in [0.15, 0.2) is 42.0 Å². The second-order valence-electron chi connectivity index (χ2n) is 5.09. The maximum absolute atomic E-state index is 11.9. The van der Waals surface area contributed by atoms with Gasteiger partial charge < -0.3 is 5.32 Å². The van der Waals surface area contributed by atoms with Crippen LogP contribution in [-0.2, 0) is 24.8 Å². The van der Waals surface area contributed by atoms with Crippen LogP contribution in [0.2, 0.25) is 0 Å². The fourth-order valence-corrected chi connectivity index (χ4v) is 3.04. The molecule has 0 aliphatic rings. The van der Waals surface area contributed by atoms with Crippen molar-refractivity contribution in [3.8, 4) is 0 Å². The van der Waals surface area contributed by atoms with Gasteiger partial charge in [-0.05, 0) is 46.5 Å². The molecule has 0 atom stereocenters. The molecule has 5 heteroatoms. The maximum atomic E-state index is 11.9. The molecule has 0 bridgehead atoms. The molecule has 2 aromatic heterocycles. The second-order valence-corrected chi connectivity index (χ2v) is 6.04. The van der Waals surface area contributed by atoms with Crippen molar-refractivity contribution >= 4 is 27.3 Å². The van der Waals surface area contributed by atoms with Crippen molar-refractivity contribution in [2.24, 2.45) is 7.05 Å². The lowest BCUT2D eigenvalue weighted by Gasteiger charge is -2.05. The van der Waals surface area contributed by atoms with E-state index >= 15 is 0 Å². The molecule has 0 saturated carbocycles. The summed E-state index contributed by atoms with van der Waals surface area (Å²) >= 11 is 1.73. The summed E-state index contributed by atoms with van der Waals surface area (Å²) in [4.78, 5) is 11.9. The fraction of sp³-hybridized carbons (Fsp3) is 0.250. The van der Waals surface area contributed by atoms with Gasteiger partial charge >= 0.3 is 0 Å². The van der Waals surface area contributed by atoms with E-state index in [4.69, 9.17) is 0 Å². The summed E-state index contributed by atoms with van der Waals surface area (Å²) in [6.07, 6.45) is 4.96. The van der Waals surface area contributed by atoms with Crippen molar-refractivity contribution in [1.29, 1.82) is 0 Å². The van der Waals surface area contributed by atoms with Crippen molar-refractivity contribution in [1.82, 2.24) is 15.1 Å². The van der Waals surface area contributed by atoms with Crippen molar-refractivity contribution in [3.63, 3.8) is 0 Å². The minimum atomic E-state index is 0.0734. The molecule has 1 amide bonds. The highest BCUT2D eigenvalue weighted by Gasteiger charge is 2.04. The summed E-state index contributed by atoms with van der Waals surface area (Å²) in [5.41, 5.74) is 2.22. The van der Waals surface area contributed by atoms with Crippen LogP contribution in [0.1, 0.15) is 17.5 Å². The number of thiophene rings is 1. The predicted octanol–water partition coefficient (Wildman–Crippen LogP) is 2.88. The first kappa shape index (κ1) is 13.8. The predicted molar refractivity (Wildman–Crippen MR) is 85.2 cm³/mol. The van der Waals surface area contributed by atoms with Gasteiger partial charge in [-0.15, -0.1) is 11.3 Å². The number of nitrogens with one attached hydrogen (secondary N) is 1. The number of aryl methyl sites for hydroxylation is 2. The number of carbonyl (C=O) groups excluding carboxylic acids is 1. The van der Waals surface area contributed by atoms with Gasteiger partial charge in [0.25, 0.3) is 0 Å². The monoisotopic (exact) mass is 299 g/mol. The molecule has 1 aromatic carbocycles. The van der Waals surface area contributed by atoms with E-state index in [-0.39, 0.29) is 5.91 Å². The Balaban J connectivity index is 1.50. The zero-order chi connectivity index (χ0) is 14.7. The minimum absolute atomic E-state index is 0.0734. The summed E-state index contributed by atoms with van der Waals surface area (Å²) in [6, 6.07) is 8.41. The average Bonchev–Trinajstić information content (AvgIpc) is 3.10. The summed E-state index contributed by atoms with van der Waals surface area (Å²) in [5.74, 6) is 0.0734. The molecule has 1 N–H and O–H groups in total. The van der Waals surface area contributed by atoms with Crippen molar-refractivity contribution in [2.75, 3.05) is 0 Å². The van der Waals surface area contributed by atoms with Crippen LogP contribution in [0.25, 0.3) is 10.1 Å². The van der Waals surface area contributed by atoms with Crippen LogP contribution in [0, 0.1) is 0 Å². The van der Waals surface area contributed by atoms with E-state index in [1.807, 2.05) is 13.2 Å². The average molecular weight is 299 g/mol. The van der Waals surface area contributed by atoms with Crippen LogP contribution in [0.5, 0.6) is 0 Å². The molecule has 3 rings (SSSR count). The third-order valence-corrected chi connectivity index (χ3v) is 4.30. The third-order valence-electron chi connectivity index (χ3n) is 3.41. The van der Waals surface area contributed by atoms with Crippen molar-refractivity contribution < 1.29 is 4.79 Å². The van der Waals surface area contributed by atoms with Gasteiger partial charge in [-0.1, -0.05) is 6.07 Å².